The summed E-state index contributed by atoms with van der Waals surface area (Å²) < 4.78 is 20.2. The Morgan fingerprint density at radius 3 is 2.72 bits per heavy atom. The minimum absolute atomic E-state index is 0.166. The highest BCUT2D eigenvalue weighted by Gasteiger charge is 2.15. The number of carbonyl (C=O) groups excluding carboxylic acids is 1. The van der Waals surface area contributed by atoms with E-state index in [9.17, 15) is 9.18 Å². The molecule has 0 aliphatic carbocycles. The molecule has 0 fully saturated rings. The standard InChI is InChI=1S/C13H13FN2O2/c1-8-15-13(11(7-17)16(8)2)9-4-5-12(18-3)10(14)6-9/h4-7H,1-3H3. The fraction of sp³-hybridized carbons (Fsp3) is 0.231. The summed E-state index contributed by atoms with van der Waals surface area (Å²) in [5, 5.41) is 0. The Labute approximate surface area is 104 Å². The molecule has 0 aliphatic heterocycles. The van der Waals surface area contributed by atoms with Crippen LogP contribution >= 0.6 is 0 Å². The molecule has 0 spiro atoms. The molecule has 0 amide bonds. The average molecular weight is 248 g/mol. The van der Waals surface area contributed by atoms with Crippen LogP contribution in [0.2, 0.25) is 0 Å². The third-order valence-electron chi connectivity index (χ3n) is 2.90. The molecule has 4 nitrogen and oxygen atoms in total. The van der Waals surface area contributed by atoms with Gasteiger partial charge in [-0.2, -0.15) is 0 Å². The van der Waals surface area contributed by atoms with Crippen molar-refractivity contribution in [3.05, 3.63) is 35.5 Å². The molecular formula is C13H13FN2O2. The lowest BCUT2D eigenvalue weighted by Gasteiger charge is -2.04. The maximum absolute atomic E-state index is 13.6. The number of hydrogen-bond acceptors (Lipinski definition) is 3. The summed E-state index contributed by atoms with van der Waals surface area (Å²) in [6.45, 7) is 1.79. The zero-order valence-corrected chi connectivity index (χ0v) is 10.4. The normalized spacial score (nSPS) is 10.4. The van der Waals surface area contributed by atoms with Crippen LogP contribution in [0, 0.1) is 12.7 Å². The van der Waals surface area contributed by atoms with Crippen LogP contribution in [0.15, 0.2) is 18.2 Å². The number of nitrogens with zero attached hydrogens (tertiary/aromatic N) is 2. The van der Waals surface area contributed by atoms with Crippen molar-refractivity contribution in [1.82, 2.24) is 9.55 Å². The topological polar surface area (TPSA) is 44.1 Å². The van der Waals surface area contributed by atoms with E-state index < -0.39 is 5.82 Å². The predicted octanol–water partition coefficient (Wildman–Crippen LogP) is 2.36. The monoisotopic (exact) mass is 248 g/mol. The highest BCUT2D eigenvalue weighted by molar-refractivity contribution is 5.84. The number of aryl methyl sites for hydroxylation is 1. The molecule has 0 saturated carbocycles. The van der Waals surface area contributed by atoms with Crippen molar-refractivity contribution in [2.45, 2.75) is 6.92 Å². The van der Waals surface area contributed by atoms with Crippen molar-refractivity contribution in [2.75, 3.05) is 7.11 Å². The third-order valence-corrected chi connectivity index (χ3v) is 2.90. The van der Waals surface area contributed by atoms with Crippen LogP contribution in [0.4, 0.5) is 4.39 Å². The summed E-state index contributed by atoms with van der Waals surface area (Å²) >= 11 is 0. The second-order valence-corrected chi connectivity index (χ2v) is 3.92. The lowest BCUT2D eigenvalue weighted by molar-refractivity contribution is 0.111. The second kappa shape index (κ2) is 4.60. The highest BCUT2D eigenvalue weighted by Crippen LogP contribution is 2.27. The van der Waals surface area contributed by atoms with E-state index in [-0.39, 0.29) is 5.75 Å². The molecule has 0 atom stereocenters. The quantitative estimate of drug-likeness (QED) is 0.783. The van der Waals surface area contributed by atoms with E-state index in [0.29, 0.717) is 22.8 Å². The summed E-state index contributed by atoms with van der Waals surface area (Å²) in [5.41, 5.74) is 1.46. The van der Waals surface area contributed by atoms with Gasteiger partial charge in [0.05, 0.1) is 12.8 Å². The Hall–Kier alpha value is -2.17. The smallest absolute Gasteiger partial charge is 0.168 e. The van der Waals surface area contributed by atoms with E-state index in [1.807, 2.05) is 0 Å². The molecule has 94 valence electrons. The van der Waals surface area contributed by atoms with E-state index in [2.05, 4.69) is 4.98 Å². The SMILES string of the molecule is COc1ccc(-c2nc(C)n(C)c2C=O)cc1F. The maximum Gasteiger partial charge on any atom is 0.168 e. The lowest BCUT2D eigenvalue weighted by Crippen LogP contribution is -1.97. The van der Waals surface area contributed by atoms with Crippen LogP contribution in [-0.2, 0) is 7.05 Å². The first kappa shape index (κ1) is 12.3. The number of benzene rings is 1. The van der Waals surface area contributed by atoms with Crippen LogP contribution in [0.3, 0.4) is 0 Å². The van der Waals surface area contributed by atoms with Crippen molar-refractivity contribution < 1.29 is 13.9 Å². The number of aldehydes is 1. The molecule has 5 heteroatoms. The summed E-state index contributed by atoms with van der Waals surface area (Å²) in [6, 6.07) is 4.51. The zero-order chi connectivity index (χ0) is 13.3. The predicted molar refractivity (Wildman–Crippen MR) is 65.3 cm³/mol. The largest absolute Gasteiger partial charge is 0.494 e. The zero-order valence-electron chi connectivity index (χ0n) is 10.4. The molecular weight excluding hydrogens is 235 g/mol. The van der Waals surface area contributed by atoms with Crippen molar-refractivity contribution >= 4 is 6.29 Å². The molecule has 18 heavy (non-hydrogen) atoms. The highest BCUT2D eigenvalue weighted by atomic mass is 19.1. The van der Waals surface area contributed by atoms with Gasteiger partial charge in [-0.3, -0.25) is 4.79 Å². The lowest BCUT2D eigenvalue weighted by atomic mass is 10.1. The van der Waals surface area contributed by atoms with Crippen molar-refractivity contribution in [2.24, 2.45) is 7.05 Å². The minimum atomic E-state index is -0.477. The summed E-state index contributed by atoms with van der Waals surface area (Å²) in [5.74, 6) is 0.387. The molecule has 0 aliphatic rings. The number of aromatic nitrogens is 2. The number of ether oxygens (including phenoxy) is 1. The van der Waals surface area contributed by atoms with Crippen molar-refractivity contribution in [1.29, 1.82) is 0 Å². The number of halogens is 1. The van der Waals surface area contributed by atoms with Gasteiger partial charge in [-0.05, 0) is 25.1 Å². The fourth-order valence-corrected chi connectivity index (χ4v) is 1.79. The van der Waals surface area contributed by atoms with Gasteiger partial charge in [0, 0.05) is 12.6 Å². The maximum atomic E-state index is 13.6. The van der Waals surface area contributed by atoms with E-state index in [0.717, 1.165) is 6.29 Å². The Morgan fingerprint density at radius 1 is 1.44 bits per heavy atom. The van der Waals surface area contributed by atoms with Crippen LogP contribution in [0.25, 0.3) is 11.3 Å². The molecule has 0 bridgehead atoms. The van der Waals surface area contributed by atoms with Gasteiger partial charge >= 0.3 is 0 Å². The van der Waals surface area contributed by atoms with E-state index >= 15 is 0 Å². The van der Waals surface area contributed by atoms with Gasteiger partial charge in [-0.15, -0.1) is 0 Å². The number of rotatable bonds is 3. The summed E-state index contributed by atoms with van der Waals surface area (Å²) in [7, 11) is 3.15. The number of hydrogen-bond donors (Lipinski definition) is 0. The van der Waals surface area contributed by atoms with Crippen LogP contribution in [0.1, 0.15) is 16.3 Å². The molecule has 1 heterocycles. The number of carbonyl (C=O) groups is 1. The van der Waals surface area contributed by atoms with Gasteiger partial charge in [0.1, 0.15) is 11.5 Å². The van der Waals surface area contributed by atoms with E-state index in [4.69, 9.17) is 4.74 Å². The molecule has 1 aromatic carbocycles. The van der Waals surface area contributed by atoms with E-state index in [1.54, 1.807) is 24.6 Å². The molecule has 0 unspecified atom stereocenters. The average Bonchev–Trinajstić information content (AvgIpc) is 2.65. The third kappa shape index (κ3) is 1.88. The van der Waals surface area contributed by atoms with Gasteiger partial charge in [0.25, 0.3) is 0 Å². The van der Waals surface area contributed by atoms with Crippen LogP contribution in [-0.4, -0.2) is 22.9 Å². The summed E-state index contributed by atoms with van der Waals surface area (Å²) in [6.07, 6.45) is 0.720. The molecule has 1 aromatic heterocycles. The molecule has 0 saturated heterocycles. The fourth-order valence-electron chi connectivity index (χ4n) is 1.79. The summed E-state index contributed by atoms with van der Waals surface area (Å²) in [4.78, 5) is 15.3. The van der Waals surface area contributed by atoms with Gasteiger partial charge < -0.3 is 9.30 Å². The first-order chi connectivity index (χ1) is 8.58. The second-order valence-electron chi connectivity index (χ2n) is 3.92. The van der Waals surface area contributed by atoms with Crippen molar-refractivity contribution in [3.63, 3.8) is 0 Å². The number of methoxy groups -OCH3 is 1. The van der Waals surface area contributed by atoms with Gasteiger partial charge in [0.15, 0.2) is 17.9 Å². The first-order valence-electron chi connectivity index (χ1n) is 5.41. The Morgan fingerprint density at radius 2 is 2.17 bits per heavy atom. The Kier molecular flexibility index (Phi) is 3.14. The molecule has 2 rings (SSSR count). The minimum Gasteiger partial charge on any atom is -0.494 e. The Bertz CT molecular complexity index is 605. The molecule has 0 radical (unpaired) electrons. The molecule has 0 N–H and O–H groups in total. The number of imidazole rings is 1. The van der Waals surface area contributed by atoms with Crippen LogP contribution in [0.5, 0.6) is 5.75 Å². The van der Waals surface area contributed by atoms with Gasteiger partial charge in [-0.25, -0.2) is 9.37 Å². The first-order valence-corrected chi connectivity index (χ1v) is 5.41. The van der Waals surface area contributed by atoms with Crippen molar-refractivity contribution in [3.8, 4) is 17.0 Å². The van der Waals surface area contributed by atoms with Gasteiger partial charge in [-0.1, -0.05) is 0 Å². The van der Waals surface area contributed by atoms with Gasteiger partial charge in [0.2, 0.25) is 0 Å². The Balaban J connectivity index is 2.58. The molecule has 2 aromatic rings. The van der Waals surface area contributed by atoms with E-state index in [1.165, 1.54) is 19.2 Å². The van der Waals surface area contributed by atoms with Crippen LogP contribution < -0.4 is 4.74 Å².